The summed E-state index contributed by atoms with van der Waals surface area (Å²) in [7, 11) is 0. The standard InChI is InChI=1S/C13H13O2.BrH.Mg/c1-2-14-10-15-13-8-7-11-5-3-4-6-12(11)9-13;;/h3-8H,2,10H2,1H3;1H;/q;;+1/p-1. The average molecular weight is 305 g/mol. The molecule has 2 aromatic carbocycles. The number of hydrogen-bond donors (Lipinski definition) is 0. The van der Waals surface area contributed by atoms with Gasteiger partial charge in [0.25, 0.3) is 0 Å². The third-order valence-electron chi connectivity index (χ3n) is 2.63. The molecule has 2 rings (SSSR count). The molecule has 0 spiro atoms. The molecule has 0 aliphatic heterocycles. The van der Waals surface area contributed by atoms with E-state index in [9.17, 15) is 0 Å². The topological polar surface area (TPSA) is 18.5 Å². The number of benzene rings is 2. The van der Waals surface area contributed by atoms with Crippen LogP contribution >= 0.6 is 12.9 Å². The van der Waals surface area contributed by atoms with Gasteiger partial charge in [-0.2, -0.15) is 0 Å². The molecule has 0 aliphatic rings. The summed E-state index contributed by atoms with van der Waals surface area (Å²) in [5.41, 5.74) is 0. The monoisotopic (exact) mass is 304 g/mol. The maximum atomic E-state index is 5.66. The second-order valence-electron chi connectivity index (χ2n) is 3.65. The second kappa shape index (κ2) is 6.59. The van der Waals surface area contributed by atoms with Crippen LogP contribution in [-0.4, -0.2) is 31.6 Å². The Bertz CT molecular complexity index is 502. The summed E-state index contributed by atoms with van der Waals surface area (Å²) in [4.78, 5) is 0. The highest BCUT2D eigenvalue weighted by atomic mass is 79.9. The Kier molecular flexibility index (Phi) is 5.09. The van der Waals surface area contributed by atoms with E-state index in [1.807, 2.05) is 13.0 Å². The van der Waals surface area contributed by atoms with Gasteiger partial charge in [0.05, 0.1) is 5.75 Å². The van der Waals surface area contributed by atoms with Gasteiger partial charge < -0.3 is 9.47 Å². The Hall–Kier alpha value is -0.294. The van der Waals surface area contributed by atoms with Gasteiger partial charge in [0.2, 0.25) is 0 Å². The van der Waals surface area contributed by atoms with E-state index in [2.05, 4.69) is 43.2 Å². The van der Waals surface area contributed by atoms with Gasteiger partial charge in [-0.05, 0) is 23.8 Å². The zero-order valence-corrected chi connectivity index (χ0v) is 12.8. The van der Waals surface area contributed by atoms with Crippen LogP contribution in [0, 0.1) is 0 Å². The van der Waals surface area contributed by atoms with Crippen LogP contribution in [0.2, 0.25) is 0 Å². The first-order valence-electron chi connectivity index (χ1n) is 5.64. The molecule has 2 aromatic rings. The van der Waals surface area contributed by atoms with Crippen molar-refractivity contribution in [1.29, 1.82) is 0 Å². The van der Waals surface area contributed by atoms with Gasteiger partial charge in [-0.15, -0.1) is 3.69 Å². The SMILES string of the molecule is CCOCOc1ccc2ccccc2[c]1[Mg][Br]. The molecule has 0 unspecified atom stereocenters. The summed E-state index contributed by atoms with van der Waals surface area (Å²) >= 11 is 3.19. The fourth-order valence-electron chi connectivity index (χ4n) is 1.78. The molecule has 0 amide bonds. The summed E-state index contributed by atoms with van der Waals surface area (Å²) in [5.74, 6) is 0.945. The third-order valence-corrected chi connectivity index (χ3v) is 5.31. The van der Waals surface area contributed by atoms with Gasteiger partial charge >= 0.3 is 18.2 Å². The smallest absolute Gasteiger partial charge is 0.470 e. The summed E-state index contributed by atoms with van der Waals surface area (Å²) in [6, 6.07) is 12.5. The van der Waals surface area contributed by atoms with Crippen molar-refractivity contribution in [2.75, 3.05) is 13.4 Å². The Balaban J connectivity index is 2.35. The van der Waals surface area contributed by atoms with Crippen LogP contribution in [0.25, 0.3) is 10.8 Å². The quantitative estimate of drug-likeness (QED) is 0.480. The van der Waals surface area contributed by atoms with Crippen molar-refractivity contribution in [1.82, 2.24) is 0 Å². The highest BCUT2D eigenvalue weighted by Gasteiger charge is 2.09. The van der Waals surface area contributed by atoms with Gasteiger partial charge in [-0.25, -0.2) is 0 Å². The largest absolute Gasteiger partial charge is 0.513 e. The van der Waals surface area contributed by atoms with Crippen LogP contribution in [0.4, 0.5) is 0 Å². The van der Waals surface area contributed by atoms with Crippen LogP contribution in [0.3, 0.4) is 0 Å². The molecule has 0 N–H and O–H groups in total. The molecule has 0 fully saturated rings. The predicted octanol–water partition coefficient (Wildman–Crippen LogP) is 2.85. The summed E-state index contributed by atoms with van der Waals surface area (Å²) in [6.45, 7) is 2.96. The molecule has 17 heavy (non-hydrogen) atoms. The van der Waals surface area contributed by atoms with E-state index in [-0.39, 0.29) is 0 Å². The fraction of sp³-hybridized carbons (Fsp3) is 0.231. The predicted molar refractivity (Wildman–Crippen MR) is 75.4 cm³/mol. The van der Waals surface area contributed by atoms with E-state index >= 15 is 0 Å². The van der Waals surface area contributed by atoms with Crippen molar-refractivity contribution in [2.24, 2.45) is 0 Å². The van der Waals surface area contributed by atoms with Crippen molar-refractivity contribution in [3.05, 3.63) is 36.4 Å². The maximum Gasteiger partial charge on any atom is 0.513 e. The van der Waals surface area contributed by atoms with Gasteiger partial charge in [-0.1, -0.05) is 30.3 Å². The summed E-state index contributed by atoms with van der Waals surface area (Å²) in [6.07, 6.45) is 0. The molecule has 0 aliphatic carbocycles. The second-order valence-corrected chi connectivity index (χ2v) is 6.31. The van der Waals surface area contributed by atoms with E-state index in [4.69, 9.17) is 9.47 Å². The molecule has 0 heterocycles. The van der Waals surface area contributed by atoms with Gasteiger partial charge in [0, 0.05) is 6.61 Å². The zero-order chi connectivity index (χ0) is 12.1. The van der Waals surface area contributed by atoms with Crippen molar-refractivity contribution in [2.45, 2.75) is 6.92 Å². The molecular weight excluding hydrogens is 292 g/mol. The normalized spacial score (nSPS) is 10.2. The van der Waals surface area contributed by atoms with Crippen molar-refractivity contribution < 1.29 is 9.47 Å². The summed E-state index contributed by atoms with van der Waals surface area (Å²) < 4.78 is 12.2. The van der Waals surface area contributed by atoms with Gasteiger partial charge in [0.15, 0.2) is 6.79 Å². The first-order chi connectivity index (χ1) is 8.36. The highest BCUT2D eigenvalue weighted by Crippen LogP contribution is 2.18. The van der Waals surface area contributed by atoms with E-state index in [0.717, 1.165) is 5.75 Å². The zero-order valence-electron chi connectivity index (χ0n) is 9.78. The lowest BCUT2D eigenvalue weighted by Gasteiger charge is -2.13. The van der Waals surface area contributed by atoms with E-state index in [1.54, 1.807) is 0 Å². The Morgan fingerprint density at radius 1 is 1.18 bits per heavy atom. The number of hydrogen-bond acceptors (Lipinski definition) is 2. The Morgan fingerprint density at radius 3 is 2.76 bits per heavy atom. The molecule has 0 radical (unpaired) electrons. The first-order valence-corrected chi connectivity index (χ1v) is 10.2. The van der Waals surface area contributed by atoms with Crippen LogP contribution in [0.15, 0.2) is 36.4 Å². The van der Waals surface area contributed by atoms with Crippen molar-refractivity contribution in [3.63, 3.8) is 0 Å². The first kappa shape index (κ1) is 13.1. The molecule has 0 atom stereocenters. The molecule has 0 bridgehead atoms. The molecule has 4 heteroatoms. The average Bonchev–Trinajstić information content (AvgIpc) is 2.38. The van der Waals surface area contributed by atoms with E-state index < -0.39 is 18.2 Å². The molecule has 86 valence electrons. The third kappa shape index (κ3) is 3.13. The molecule has 0 aromatic heterocycles. The Labute approximate surface area is 117 Å². The van der Waals surface area contributed by atoms with E-state index in [0.29, 0.717) is 13.4 Å². The van der Waals surface area contributed by atoms with Crippen LogP contribution in [0.1, 0.15) is 6.92 Å². The molecule has 0 saturated heterocycles. The lowest BCUT2D eigenvalue weighted by Crippen LogP contribution is -2.16. The van der Waals surface area contributed by atoms with Gasteiger partial charge in [0.1, 0.15) is 0 Å². The minimum absolute atomic E-state index is 0.323. The number of halogens is 1. The highest BCUT2D eigenvalue weighted by molar-refractivity contribution is 9.23. The molecular formula is C13H13BrMgO2. The van der Waals surface area contributed by atoms with E-state index in [1.165, 1.54) is 14.5 Å². The minimum atomic E-state index is -0.462. The lowest BCUT2D eigenvalue weighted by molar-refractivity contribution is 0.0231. The Morgan fingerprint density at radius 2 is 2.00 bits per heavy atom. The number of fused-ring (bicyclic) bond motifs is 1. The van der Waals surface area contributed by atoms with Crippen LogP contribution < -0.4 is 8.43 Å². The van der Waals surface area contributed by atoms with Crippen LogP contribution in [0.5, 0.6) is 5.75 Å². The number of rotatable bonds is 5. The van der Waals surface area contributed by atoms with Crippen molar-refractivity contribution >= 4 is 45.5 Å². The number of ether oxygens (including phenoxy) is 2. The lowest BCUT2D eigenvalue weighted by atomic mass is 10.1. The van der Waals surface area contributed by atoms with Crippen molar-refractivity contribution in [3.8, 4) is 5.75 Å². The molecule has 0 saturated carbocycles. The van der Waals surface area contributed by atoms with Gasteiger partial charge in [-0.3, -0.25) is 12.9 Å². The van der Waals surface area contributed by atoms with Crippen LogP contribution in [-0.2, 0) is 4.74 Å². The molecule has 2 nitrogen and oxygen atoms in total. The summed E-state index contributed by atoms with van der Waals surface area (Å²) in [5, 5.41) is 2.54. The fourth-order valence-corrected chi connectivity index (χ4v) is 4.33. The minimum Gasteiger partial charge on any atom is -0.470 e. The maximum absolute atomic E-state index is 5.66.